The highest BCUT2D eigenvalue weighted by Crippen LogP contribution is 1.85. The molecule has 0 aliphatic heterocycles. The van der Waals surface area contributed by atoms with Crippen molar-refractivity contribution >= 4 is 26.4 Å². The third-order valence-electron chi connectivity index (χ3n) is 0.363. The largest absolute Gasteiger partial charge is 0.283 e. The highest BCUT2D eigenvalue weighted by molar-refractivity contribution is 14.1. The molecule has 0 aromatic heterocycles. The summed E-state index contributed by atoms with van der Waals surface area (Å²) in [5.41, 5.74) is 0. The zero-order valence-corrected chi connectivity index (χ0v) is 5.88. The van der Waals surface area contributed by atoms with Crippen LogP contribution in [-0.2, 0) is 4.79 Å². The van der Waals surface area contributed by atoms with Crippen LogP contribution in [0.1, 0.15) is 0 Å². The van der Waals surface area contributed by atoms with Crippen molar-refractivity contribution in [3.8, 4) is 0 Å². The van der Waals surface area contributed by atoms with Gasteiger partial charge in [-0.25, -0.2) is 0 Å². The van der Waals surface area contributed by atoms with E-state index in [0.717, 1.165) is 0 Å². The van der Waals surface area contributed by atoms with E-state index in [0.29, 0.717) is 0 Å². The monoisotopic (exact) mass is 208 g/mol. The Morgan fingerprint density at radius 2 is 2.29 bits per heavy atom. The molecule has 0 aliphatic rings. The van der Waals surface area contributed by atoms with E-state index in [1.807, 2.05) is 0 Å². The first-order valence-electron chi connectivity index (χ1n) is 1.76. The van der Waals surface area contributed by atoms with Gasteiger partial charge in [0.05, 0.1) is 0 Å². The molecule has 0 amide bonds. The van der Waals surface area contributed by atoms with E-state index in [-0.39, 0.29) is 3.79 Å². The molecule has 0 saturated heterocycles. The number of hydrogen-bond donors (Lipinski definition) is 0. The highest BCUT2D eigenvalue weighted by Gasteiger charge is 1.77. The van der Waals surface area contributed by atoms with Crippen LogP contribution in [0, 0.1) is 0 Å². The molecule has 0 spiro atoms. The summed E-state index contributed by atoms with van der Waals surface area (Å²) in [7, 11) is 0. The molecule has 0 saturated carbocycles. The summed E-state index contributed by atoms with van der Waals surface area (Å²) in [5, 5.41) is 0. The van der Waals surface area contributed by atoms with Crippen LogP contribution in [0.25, 0.3) is 0 Å². The Hall–Kier alpha value is -0.120. The predicted octanol–water partition coefficient (Wildman–Crippen LogP) is 1.69. The van der Waals surface area contributed by atoms with E-state index in [2.05, 4.69) is 6.58 Å². The minimum absolute atomic E-state index is 0.0255. The topological polar surface area (TPSA) is 17.1 Å². The maximum Gasteiger partial charge on any atom is 0.215 e. The van der Waals surface area contributed by atoms with E-state index in [1.165, 1.54) is 6.08 Å². The molecule has 0 bridgehead atoms. The van der Waals surface area contributed by atoms with Crippen LogP contribution in [0.15, 0.2) is 24.8 Å². The van der Waals surface area contributed by atoms with Gasteiger partial charge in [0.2, 0.25) is 3.79 Å². The fourth-order valence-electron chi connectivity index (χ4n) is 0.144. The maximum absolute atomic E-state index is 10.1. The lowest BCUT2D eigenvalue weighted by atomic mass is 10.5. The molecule has 1 nitrogen and oxygen atoms in total. The molecule has 7 heavy (non-hydrogen) atoms. The lowest BCUT2D eigenvalue weighted by Crippen LogP contribution is -1.69. The van der Waals surface area contributed by atoms with E-state index in [1.54, 1.807) is 34.7 Å². The van der Waals surface area contributed by atoms with Gasteiger partial charge in [0.25, 0.3) is 0 Å². The van der Waals surface area contributed by atoms with Crippen molar-refractivity contribution in [3.05, 3.63) is 24.8 Å². The number of hydrogen-bond acceptors (Lipinski definition) is 1. The van der Waals surface area contributed by atoms with E-state index in [4.69, 9.17) is 0 Å². The molecule has 0 fully saturated rings. The highest BCUT2D eigenvalue weighted by atomic mass is 127. The summed E-state index contributed by atoms with van der Waals surface area (Å²) in [4.78, 5) is 10.1. The number of rotatable bonds is 2. The van der Waals surface area contributed by atoms with Gasteiger partial charge in [-0.2, -0.15) is 0 Å². The van der Waals surface area contributed by atoms with Gasteiger partial charge in [0.15, 0.2) is 0 Å². The van der Waals surface area contributed by atoms with Gasteiger partial charge in [-0.15, -0.1) is 0 Å². The quantitative estimate of drug-likeness (QED) is 0.292. The Morgan fingerprint density at radius 3 is 2.43 bits per heavy atom. The summed E-state index contributed by atoms with van der Waals surface area (Å²) in [6.07, 6.45) is 4.62. The average molecular weight is 208 g/mol. The van der Waals surface area contributed by atoms with Crippen LogP contribution in [0.3, 0.4) is 0 Å². The number of allylic oxidation sites excluding steroid dienone is 3. The molecule has 0 atom stereocenters. The van der Waals surface area contributed by atoms with Gasteiger partial charge >= 0.3 is 0 Å². The Labute approximate surface area is 56.2 Å². The zero-order valence-electron chi connectivity index (χ0n) is 3.73. The lowest BCUT2D eigenvalue weighted by molar-refractivity contribution is -0.105. The molecular formula is C5H5IO. The van der Waals surface area contributed by atoms with Crippen molar-refractivity contribution < 1.29 is 4.79 Å². The molecule has 0 aromatic rings. The molecular weight excluding hydrogens is 203 g/mol. The first kappa shape index (κ1) is 6.88. The second-order valence-corrected chi connectivity index (χ2v) is 1.96. The van der Waals surface area contributed by atoms with Crippen molar-refractivity contribution in [2.24, 2.45) is 0 Å². The normalized spacial score (nSPS) is 9.29. The molecule has 0 aromatic carbocycles. The molecule has 0 unspecified atom stereocenters. The van der Waals surface area contributed by atoms with Crippen LogP contribution in [0.2, 0.25) is 0 Å². The third kappa shape index (κ3) is 5.88. The number of carbonyl (C=O) groups is 1. The molecule has 0 N–H and O–H groups in total. The molecule has 0 rings (SSSR count). The van der Waals surface area contributed by atoms with Crippen LogP contribution >= 0.6 is 22.6 Å². The van der Waals surface area contributed by atoms with E-state index < -0.39 is 0 Å². The molecule has 38 valence electrons. The number of carbonyl (C=O) groups excluding carboxylic acids is 1. The minimum Gasteiger partial charge on any atom is -0.283 e. The maximum atomic E-state index is 10.1. The zero-order chi connectivity index (χ0) is 5.70. The Bertz CT molecular complexity index is 105. The van der Waals surface area contributed by atoms with Gasteiger partial charge in [-0.05, 0) is 6.08 Å². The first-order valence-corrected chi connectivity index (χ1v) is 2.84. The summed E-state index contributed by atoms with van der Waals surface area (Å²) in [6, 6.07) is 0. The van der Waals surface area contributed by atoms with E-state index >= 15 is 0 Å². The number of halogens is 1. The van der Waals surface area contributed by atoms with Gasteiger partial charge in [0, 0.05) is 22.6 Å². The summed E-state index contributed by atoms with van der Waals surface area (Å²) in [6.45, 7) is 3.39. The molecule has 0 radical (unpaired) electrons. The summed E-state index contributed by atoms with van der Waals surface area (Å²) >= 11 is 1.69. The van der Waals surface area contributed by atoms with Crippen LogP contribution in [0.4, 0.5) is 0 Å². The van der Waals surface area contributed by atoms with Gasteiger partial charge in [0.1, 0.15) is 0 Å². The van der Waals surface area contributed by atoms with Crippen molar-refractivity contribution in [1.29, 1.82) is 0 Å². The lowest BCUT2D eigenvalue weighted by Gasteiger charge is -1.67. The fourth-order valence-corrected chi connectivity index (χ4v) is 0.351. The van der Waals surface area contributed by atoms with Crippen molar-refractivity contribution in [3.63, 3.8) is 0 Å². The smallest absolute Gasteiger partial charge is 0.215 e. The average Bonchev–Trinajstić information content (AvgIpc) is 1.61. The van der Waals surface area contributed by atoms with Crippen LogP contribution in [0.5, 0.6) is 0 Å². The molecule has 2 heteroatoms. The third-order valence-corrected chi connectivity index (χ3v) is 0.723. The Kier molecular flexibility index (Phi) is 3.98. The second-order valence-electron chi connectivity index (χ2n) is 0.899. The van der Waals surface area contributed by atoms with E-state index in [9.17, 15) is 4.79 Å². The SMILES string of the molecule is C=CC=CC(=O)I. The Morgan fingerprint density at radius 1 is 1.71 bits per heavy atom. The summed E-state index contributed by atoms with van der Waals surface area (Å²) < 4.78 is 0.0255. The first-order chi connectivity index (χ1) is 3.27. The molecule has 0 heterocycles. The fraction of sp³-hybridized carbons (Fsp3) is 0. The summed E-state index contributed by atoms with van der Waals surface area (Å²) in [5.74, 6) is 0. The standard InChI is InChI=1S/C5H5IO/c1-2-3-4-5(6)7/h2-4H,1H2. The van der Waals surface area contributed by atoms with Crippen molar-refractivity contribution in [2.45, 2.75) is 0 Å². The Balaban J connectivity index is 3.46. The van der Waals surface area contributed by atoms with Gasteiger partial charge in [-0.3, -0.25) is 4.79 Å². The predicted molar refractivity (Wildman–Crippen MR) is 38.4 cm³/mol. The van der Waals surface area contributed by atoms with Crippen LogP contribution < -0.4 is 0 Å². The minimum atomic E-state index is 0.0255. The van der Waals surface area contributed by atoms with Crippen molar-refractivity contribution in [2.75, 3.05) is 0 Å². The van der Waals surface area contributed by atoms with Gasteiger partial charge < -0.3 is 0 Å². The molecule has 0 aliphatic carbocycles. The van der Waals surface area contributed by atoms with Gasteiger partial charge in [-0.1, -0.05) is 18.7 Å². The second kappa shape index (κ2) is 4.05. The van der Waals surface area contributed by atoms with Crippen LogP contribution in [-0.4, -0.2) is 3.79 Å². The van der Waals surface area contributed by atoms with Crippen molar-refractivity contribution in [1.82, 2.24) is 0 Å².